The molecular formula is C11H14FNO. The van der Waals surface area contributed by atoms with E-state index in [9.17, 15) is 4.39 Å². The number of hydrogen-bond acceptors (Lipinski definition) is 2. The largest absolute Gasteiger partial charge is 0.396 e. The first-order valence-corrected chi connectivity index (χ1v) is 4.88. The van der Waals surface area contributed by atoms with Crippen molar-refractivity contribution < 1.29 is 9.50 Å². The van der Waals surface area contributed by atoms with Crippen LogP contribution < -0.4 is 5.32 Å². The predicted octanol–water partition coefficient (Wildman–Crippen LogP) is 1.12. The van der Waals surface area contributed by atoms with Gasteiger partial charge in [-0.3, -0.25) is 0 Å². The SMILES string of the molecule is OCC1CNCC1c1ccc(F)cc1. The molecule has 2 atom stereocenters. The van der Waals surface area contributed by atoms with Crippen LogP contribution in [0.1, 0.15) is 11.5 Å². The molecule has 2 N–H and O–H groups in total. The van der Waals surface area contributed by atoms with Gasteiger partial charge in [0.05, 0.1) is 0 Å². The molecule has 0 saturated carbocycles. The zero-order valence-electron chi connectivity index (χ0n) is 7.91. The predicted molar refractivity (Wildman–Crippen MR) is 52.6 cm³/mol. The Morgan fingerprint density at radius 1 is 1.29 bits per heavy atom. The van der Waals surface area contributed by atoms with E-state index >= 15 is 0 Å². The van der Waals surface area contributed by atoms with Gasteiger partial charge >= 0.3 is 0 Å². The summed E-state index contributed by atoms with van der Waals surface area (Å²) in [5, 5.41) is 12.4. The van der Waals surface area contributed by atoms with Gasteiger partial charge in [-0.2, -0.15) is 0 Å². The highest BCUT2D eigenvalue weighted by molar-refractivity contribution is 5.23. The molecule has 1 saturated heterocycles. The molecule has 1 heterocycles. The van der Waals surface area contributed by atoms with Gasteiger partial charge in [-0.25, -0.2) is 4.39 Å². The van der Waals surface area contributed by atoms with E-state index in [4.69, 9.17) is 5.11 Å². The maximum absolute atomic E-state index is 12.7. The van der Waals surface area contributed by atoms with Crippen molar-refractivity contribution in [1.29, 1.82) is 0 Å². The summed E-state index contributed by atoms with van der Waals surface area (Å²) >= 11 is 0. The second-order valence-electron chi connectivity index (χ2n) is 3.76. The molecule has 0 spiro atoms. The Bertz CT molecular complexity index is 299. The molecule has 0 aromatic heterocycles. The van der Waals surface area contributed by atoms with Gasteiger partial charge < -0.3 is 10.4 Å². The Morgan fingerprint density at radius 3 is 2.64 bits per heavy atom. The van der Waals surface area contributed by atoms with E-state index in [0.717, 1.165) is 18.7 Å². The lowest BCUT2D eigenvalue weighted by Gasteiger charge is -2.16. The van der Waals surface area contributed by atoms with E-state index in [2.05, 4.69) is 5.32 Å². The van der Waals surface area contributed by atoms with Crippen LogP contribution in [0.5, 0.6) is 0 Å². The molecule has 0 radical (unpaired) electrons. The zero-order valence-corrected chi connectivity index (χ0v) is 7.91. The molecule has 1 aliphatic rings. The smallest absolute Gasteiger partial charge is 0.123 e. The molecule has 1 aromatic carbocycles. The van der Waals surface area contributed by atoms with Crippen LogP contribution in [0.15, 0.2) is 24.3 Å². The standard InChI is InChI=1S/C11H14FNO/c12-10-3-1-8(2-4-10)11-6-13-5-9(11)7-14/h1-4,9,11,13-14H,5-7H2. The molecule has 14 heavy (non-hydrogen) atoms. The van der Waals surface area contributed by atoms with Crippen LogP contribution in [-0.2, 0) is 0 Å². The van der Waals surface area contributed by atoms with E-state index in [0.29, 0.717) is 5.92 Å². The summed E-state index contributed by atoms with van der Waals surface area (Å²) in [5.41, 5.74) is 1.11. The number of rotatable bonds is 2. The second-order valence-corrected chi connectivity index (χ2v) is 3.76. The van der Waals surface area contributed by atoms with Crippen molar-refractivity contribution in [3.8, 4) is 0 Å². The first-order chi connectivity index (χ1) is 6.81. The van der Waals surface area contributed by atoms with Crippen LogP contribution in [0.2, 0.25) is 0 Å². The fourth-order valence-electron chi connectivity index (χ4n) is 2.02. The highest BCUT2D eigenvalue weighted by Crippen LogP contribution is 2.27. The highest BCUT2D eigenvalue weighted by atomic mass is 19.1. The van der Waals surface area contributed by atoms with E-state index in [-0.39, 0.29) is 18.3 Å². The lowest BCUT2D eigenvalue weighted by atomic mass is 9.89. The van der Waals surface area contributed by atoms with Gasteiger partial charge in [0.1, 0.15) is 5.82 Å². The van der Waals surface area contributed by atoms with Crippen molar-refractivity contribution in [3.63, 3.8) is 0 Å². The summed E-state index contributed by atoms with van der Waals surface area (Å²) in [6.07, 6.45) is 0. The van der Waals surface area contributed by atoms with Crippen LogP contribution in [0.3, 0.4) is 0 Å². The Kier molecular flexibility index (Phi) is 2.79. The van der Waals surface area contributed by atoms with Crippen LogP contribution in [-0.4, -0.2) is 24.8 Å². The number of hydrogen-bond donors (Lipinski definition) is 2. The molecule has 0 aliphatic carbocycles. The Labute approximate surface area is 82.8 Å². The first kappa shape index (κ1) is 9.62. The van der Waals surface area contributed by atoms with Gasteiger partial charge in [-0.15, -0.1) is 0 Å². The lowest BCUT2D eigenvalue weighted by Crippen LogP contribution is -2.14. The molecule has 1 aromatic rings. The highest BCUT2D eigenvalue weighted by Gasteiger charge is 2.27. The van der Waals surface area contributed by atoms with Gasteiger partial charge in [0.15, 0.2) is 0 Å². The van der Waals surface area contributed by atoms with Gasteiger partial charge in [0, 0.05) is 31.5 Å². The van der Waals surface area contributed by atoms with E-state index in [1.807, 2.05) is 0 Å². The third-order valence-electron chi connectivity index (χ3n) is 2.87. The van der Waals surface area contributed by atoms with Crippen LogP contribution >= 0.6 is 0 Å². The van der Waals surface area contributed by atoms with Crippen molar-refractivity contribution in [3.05, 3.63) is 35.6 Å². The molecule has 1 fully saturated rings. The maximum atomic E-state index is 12.7. The molecule has 3 heteroatoms. The minimum atomic E-state index is -0.208. The van der Waals surface area contributed by atoms with Crippen molar-refractivity contribution in [2.24, 2.45) is 5.92 Å². The average Bonchev–Trinajstić information content (AvgIpc) is 2.67. The van der Waals surface area contributed by atoms with Crippen LogP contribution in [0.4, 0.5) is 4.39 Å². The van der Waals surface area contributed by atoms with E-state index in [1.54, 1.807) is 12.1 Å². The molecular weight excluding hydrogens is 181 g/mol. The monoisotopic (exact) mass is 195 g/mol. The molecule has 2 unspecified atom stereocenters. The second kappa shape index (κ2) is 4.07. The van der Waals surface area contributed by atoms with Crippen molar-refractivity contribution in [2.45, 2.75) is 5.92 Å². The first-order valence-electron chi connectivity index (χ1n) is 4.88. The summed E-state index contributed by atoms with van der Waals surface area (Å²) in [4.78, 5) is 0. The lowest BCUT2D eigenvalue weighted by molar-refractivity contribution is 0.226. The summed E-state index contributed by atoms with van der Waals surface area (Å²) in [5.74, 6) is 0.376. The molecule has 1 aliphatic heterocycles. The normalized spacial score (nSPS) is 26.7. The number of benzene rings is 1. The number of nitrogens with one attached hydrogen (secondary N) is 1. The molecule has 2 nitrogen and oxygen atoms in total. The van der Waals surface area contributed by atoms with Crippen molar-refractivity contribution in [2.75, 3.05) is 19.7 Å². The van der Waals surface area contributed by atoms with E-state index < -0.39 is 0 Å². The minimum absolute atomic E-state index is 0.190. The number of aliphatic hydroxyl groups is 1. The Morgan fingerprint density at radius 2 is 2.00 bits per heavy atom. The summed E-state index contributed by atoms with van der Waals surface area (Å²) < 4.78 is 12.7. The minimum Gasteiger partial charge on any atom is -0.396 e. The summed E-state index contributed by atoms with van der Waals surface area (Å²) in [6, 6.07) is 6.55. The van der Waals surface area contributed by atoms with Crippen molar-refractivity contribution in [1.82, 2.24) is 5.32 Å². The zero-order chi connectivity index (χ0) is 9.97. The van der Waals surface area contributed by atoms with E-state index in [1.165, 1.54) is 12.1 Å². The third kappa shape index (κ3) is 1.79. The molecule has 76 valence electrons. The third-order valence-corrected chi connectivity index (χ3v) is 2.87. The fourth-order valence-corrected chi connectivity index (χ4v) is 2.02. The van der Waals surface area contributed by atoms with Gasteiger partial charge in [0.25, 0.3) is 0 Å². The van der Waals surface area contributed by atoms with Gasteiger partial charge in [-0.1, -0.05) is 12.1 Å². The van der Waals surface area contributed by atoms with Gasteiger partial charge in [-0.05, 0) is 17.7 Å². The average molecular weight is 195 g/mol. The maximum Gasteiger partial charge on any atom is 0.123 e. The number of aliphatic hydroxyl groups excluding tert-OH is 1. The molecule has 0 amide bonds. The summed E-state index contributed by atoms with van der Waals surface area (Å²) in [7, 11) is 0. The summed E-state index contributed by atoms with van der Waals surface area (Å²) in [6.45, 7) is 1.91. The van der Waals surface area contributed by atoms with Crippen LogP contribution in [0.25, 0.3) is 0 Å². The van der Waals surface area contributed by atoms with Crippen molar-refractivity contribution >= 4 is 0 Å². The fraction of sp³-hybridized carbons (Fsp3) is 0.455. The quantitative estimate of drug-likeness (QED) is 0.741. The van der Waals surface area contributed by atoms with Crippen LogP contribution in [0, 0.1) is 11.7 Å². The van der Waals surface area contributed by atoms with Gasteiger partial charge in [0.2, 0.25) is 0 Å². The topological polar surface area (TPSA) is 32.3 Å². The Hall–Kier alpha value is -0.930. The molecule has 0 bridgehead atoms. The molecule has 2 rings (SSSR count). The Balaban J connectivity index is 2.17. The number of halogens is 1.